The Hall–Kier alpha value is -0.420. The molecule has 1 aromatic carbocycles. The van der Waals surface area contributed by atoms with Crippen molar-refractivity contribution in [2.75, 3.05) is 13.2 Å². The average molecular weight is 272 g/mol. The van der Waals surface area contributed by atoms with E-state index in [0.717, 1.165) is 4.47 Å². The molecule has 1 heterocycles. The van der Waals surface area contributed by atoms with Gasteiger partial charge in [-0.15, -0.1) is 0 Å². The van der Waals surface area contributed by atoms with Gasteiger partial charge < -0.3 is 9.84 Å². The van der Waals surface area contributed by atoms with E-state index in [9.17, 15) is 0 Å². The van der Waals surface area contributed by atoms with Crippen molar-refractivity contribution in [3.8, 4) is 0 Å². The molecule has 0 aliphatic carbocycles. The third-order valence-electron chi connectivity index (χ3n) is 2.62. The van der Waals surface area contributed by atoms with Crippen LogP contribution in [0.15, 0.2) is 28.7 Å². The second kappa shape index (κ2) is 4.22. The second-order valence-corrected chi connectivity index (χ2v) is 4.86. The first-order valence-electron chi connectivity index (χ1n) is 4.91. The highest BCUT2D eigenvalue weighted by Crippen LogP contribution is 2.26. The molecule has 0 bridgehead atoms. The maximum Gasteiger partial charge on any atom is 0.140 e. The van der Waals surface area contributed by atoms with Crippen molar-refractivity contribution in [3.05, 3.63) is 34.3 Å². The fourth-order valence-electron chi connectivity index (χ4n) is 1.69. The molecule has 1 aliphatic heterocycles. The minimum absolute atomic E-state index is 0.0139. The Kier molecular flexibility index (Phi) is 3.11. The molecule has 3 nitrogen and oxygen atoms in total. The van der Waals surface area contributed by atoms with Gasteiger partial charge in [0.2, 0.25) is 0 Å². The zero-order valence-corrected chi connectivity index (χ0v) is 10.1. The summed E-state index contributed by atoms with van der Waals surface area (Å²) >= 11 is 3.40. The predicted molar refractivity (Wildman–Crippen MR) is 61.5 cm³/mol. The van der Waals surface area contributed by atoms with Crippen LogP contribution in [0.4, 0.5) is 0 Å². The van der Waals surface area contributed by atoms with E-state index in [1.807, 2.05) is 31.2 Å². The van der Waals surface area contributed by atoms with Crippen LogP contribution >= 0.6 is 15.9 Å². The van der Waals surface area contributed by atoms with Gasteiger partial charge in [0, 0.05) is 4.47 Å². The first-order chi connectivity index (χ1) is 7.13. The van der Waals surface area contributed by atoms with Crippen molar-refractivity contribution in [2.24, 2.45) is 0 Å². The SMILES string of the molecule is CC1(CO)NC(c2ccc(Br)cc2)CO1. The summed E-state index contributed by atoms with van der Waals surface area (Å²) in [5.41, 5.74) is 0.577. The normalized spacial score (nSPS) is 30.7. The first kappa shape index (κ1) is 11.1. The van der Waals surface area contributed by atoms with E-state index in [1.54, 1.807) is 0 Å². The number of aliphatic hydroxyl groups excluding tert-OH is 1. The molecule has 1 saturated heterocycles. The van der Waals surface area contributed by atoms with Crippen LogP contribution in [-0.4, -0.2) is 24.0 Å². The molecule has 4 heteroatoms. The number of hydrogen-bond acceptors (Lipinski definition) is 3. The van der Waals surface area contributed by atoms with Gasteiger partial charge in [0.1, 0.15) is 5.72 Å². The van der Waals surface area contributed by atoms with Crippen LogP contribution in [0.25, 0.3) is 0 Å². The molecule has 1 aromatic rings. The molecule has 2 rings (SSSR count). The molecule has 1 fully saturated rings. The minimum Gasteiger partial charge on any atom is -0.392 e. The zero-order valence-electron chi connectivity index (χ0n) is 8.53. The summed E-state index contributed by atoms with van der Waals surface area (Å²) in [4.78, 5) is 0. The quantitative estimate of drug-likeness (QED) is 0.862. The molecule has 2 N–H and O–H groups in total. The van der Waals surface area contributed by atoms with Crippen LogP contribution < -0.4 is 5.32 Å². The highest BCUT2D eigenvalue weighted by atomic mass is 79.9. The van der Waals surface area contributed by atoms with Gasteiger partial charge in [-0.05, 0) is 24.6 Å². The van der Waals surface area contributed by atoms with Gasteiger partial charge in [-0.2, -0.15) is 0 Å². The number of hydrogen-bond donors (Lipinski definition) is 2. The summed E-state index contributed by atoms with van der Waals surface area (Å²) in [5, 5.41) is 12.4. The van der Waals surface area contributed by atoms with Crippen molar-refractivity contribution in [2.45, 2.75) is 18.7 Å². The molecule has 0 aromatic heterocycles. The topological polar surface area (TPSA) is 41.5 Å². The van der Waals surface area contributed by atoms with Crippen LogP contribution in [0.2, 0.25) is 0 Å². The lowest BCUT2D eigenvalue weighted by atomic mass is 10.1. The number of halogens is 1. The smallest absolute Gasteiger partial charge is 0.140 e. The molecule has 0 radical (unpaired) electrons. The number of rotatable bonds is 2. The van der Waals surface area contributed by atoms with Gasteiger partial charge >= 0.3 is 0 Å². The third-order valence-corrected chi connectivity index (χ3v) is 3.15. The highest BCUT2D eigenvalue weighted by Gasteiger charge is 2.35. The number of ether oxygens (including phenoxy) is 1. The number of aliphatic hydroxyl groups is 1. The van der Waals surface area contributed by atoms with Crippen molar-refractivity contribution >= 4 is 15.9 Å². The van der Waals surface area contributed by atoms with Crippen molar-refractivity contribution in [3.63, 3.8) is 0 Å². The summed E-state index contributed by atoms with van der Waals surface area (Å²) in [5.74, 6) is 0. The summed E-state index contributed by atoms with van der Waals surface area (Å²) in [6, 6.07) is 8.27. The fraction of sp³-hybridized carbons (Fsp3) is 0.455. The molecule has 0 saturated carbocycles. The van der Waals surface area contributed by atoms with Crippen LogP contribution in [0, 0.1) is 0 Å². The van der Waals surface area contributed by atoms with E-state index in [1.165, 1.54) is 5.56 Å². The Morgan fingerprint density at radius 3 is 2.73 bits per heavy atom. The predicted octanol–water partition coefficient (Wildman–Crippen LogP) is 1.82. The number of nitrogens with one attached hydrogen (secondary N) is 1. The lowest BCUT2D eigenvalue weighted by Gasteiger charge is -2.21. The maximum absolute atomic E-state index is 9.14. The molecule has 0 spiro atoms. The molecular formula is C11H14BrNO2. The van der Waals surface area contributed by atoms with Gasteiger partial charge in [-0.25, -0.2) is 0 Å². The summed E-state index contributed by atoms with van der Waals surface area (Å²) in [6.45, 7) is 2.44. The second-order valence-electron chi connectivity index (χ2n) is 3.95. The molecule has 2 unspecified atom stereocenters. The van der Waals surface area contributed by atoms with Gasteiger partial charge in [0.05, 0.1) is 19.3 Å². The molecule has 15 heavy (non-hydrogen) atoms. The van der Waals surface area contributed by atoms with E-state index in [4.69, 9.17) is 9.84 Å². The Bertz CT molecular complexity index is 341. The van der Waals surface area contributed by atoms with Gasteiger partial charge in [0.15, 0.2) is 0 Å². The zero-order chi connectivity index (χ0) is 10.9. The number of benzene rings is 1. The van der Waals surface area contributed by atoms with E-state index >= 15 is 0 Å². The van der Waals surface area contributed by atoms with Gasteiger partial charge in [0.25, 0.3) is 0 Å². The lowest BCUT2D eigenvalue weighted by molar-refractivity contribution is -0.0366. The van der Waals surface area contributed by atoms with Crippen molar-refractivity contribution in [1.82, 2.24) is 5.32 Å². The highest BCUT2D eigenvalue weighted by molar-refractivity contribution is 9.10. The first-order valence-corrected chi connectivity index (χ1v) is 5.70. The fourth-order valence-corrected chi connectivity index (χ4v) is 1.95. The largest absolute Gasteiger partial charge is 0.392 e. The van der Waals surface area contributed by atoms with E-state index in [2.05, 4.69) is 21.2 Å². The van der Waals surface area contributed by atoms with E-state index in [-0.39, 0.29) is 12.6 Å². The summed E-state index contributed by atoms with van der Waals surface area (Å²) < 4.78 is 6.58. The third kappa shape index (κ3) is 2.39. The average Bonchev–Trinajstić information content (AvgIpc) is 2.63. The van der Waals surface area contributed by atoms with E-state index in [0.29, 0.717) is 6.61 Å². The minimum atomic E-state index is -0.599. The van der Waals surface area contributed by atoms with Gasteiger partial charge in [-0.3, -0.25) is 5.32 Å². The Labute approximate surface area is 97.6 Å². The molecule has 82 valence electrons. The summed E-state index contributed by atoms with van der Waals surface area (Å²) in [7, 11) is 0. The van der Waals surface area contributed by atoms with Crippen LogP contribution in [-0.2, 0) is 4.74 Å². The van der Waals surface area contributed by atoms with E-state index < -0.39 is 5.72 Å². The Balaban J connectivity index is 2.11. The molecular weight excluding hydrogens is 258 g/mol. The van der Waals surface area contributed by atoms with Crippen LogP contribution in [0.3, 0.4) is 0 Å². The van der Waals surface area contributed by atoms with Crippen molar-refractivity contribution in [1.29, 1.82) is 0 Å². The summed E-state index contributed by atoms with van der Waals surface area (Å²) in [6.07, 6.45) is 0. The molecule has 1 aliphatic rings. The van der Waals surface area contributed by atoms with Crippen LogP contribution in [0.5, 0.6) is 0 Å². The molecule has 0 amide bonds. The monoisotopic (exact) mass is 271 g/mol. The standard InChI is InChI=1S/C11H14BrNO2/c1-11(7-14)13-10(6-15-11)8-2-4-9(12)5-3-8/h2-5,10,13-14H,6-7H2,1H3. The Morgan fingerprint density at radius 2 is 2.20 bits per heavy atom. The molecule has 2 atom stereocenters. The Morgan fingerprint density at radius 1 is 1.53 bits per heavy atom. The van der Waals surface area contributed by atoms with Gasteiger partial charge in [-0.1, -0.05) is 28.1 Å². The van der Waals surface area contributed by atoms with Crippen molar-refractivity contribution < 1.29 is 9.84 Å². The van der Waals surface area contributed by atoms with Crippen LogP contribution in [0.1, 0.15) is 18.5 Å². The lowest BCUT2D eigenvalue weighted by Crippen LogP contribution is -2.42. The maximum atomic E-state index is 9.14.